The van der Waals surface area contributed by atoms with Gasteiger partial charge in [0.25, 0.3) is 0 Å². The Morgan fingerprint density at radius 3 is 2.44 bits per heavy atom. The molecule has 1 fully saturated rings. The number of hydrogen-bond acceptors (Lipinski definition) is 3. The highest BCUT2D eigenvalue weighted by atomic mass is 19.4. The summed E-state index contributed by atoms with van der Waals surface area (Å²) in [6.45, 7) is 6.69. The number of rotatable bonds is 4. The SMILES string of the molecule is CC1CC(n2c(-c3ccc(OC(F)(F)F)cc3)nc3cc(C(=O)O)ccc32)CC(C)(C)C1. The second-order valence-corrected chi connectivity index (χ2v) is 9.45. The quantitative estimate of drug-likeness (QED) is 0.485. The number of halogens is 3. The molecular weight excluding hydrogens is 421 g/mol. The Hall–Kier alpha value is -3.03. The van der Waals surface area contributed by atoms with E-state index in [1.54, 1.807) is 24.3 Å². The number of hydrogen-bond donors (Lipinski definition) is 1. The van der Waals surface area contributed by atoms with E-state index >= 15 is 0 Å². The van der Waals surface area contributed by atoms with Crippen LogP contribution in [-0.4, -0.2) is 27.0 Å². The summed E-state index contributed by atoms with van der Waals surface area (Å²) in [5.74, 6) is -0.237. The lowest BCUT2D eigenvalue weighted by Crippen LogP contribution is -2.29. The van der Waals surface area contributed by atoms with Gasteiger partial charge < -0.3 is 14.4 Å². The Morgan fingerprint density at radius 2 is 1.84 bits per heavy atom. The molecular formula is C24H25F3N2O3. The largest absolute Gasteiger partial charge is 0.573 e. The minimum Gasteiger partial charge on any atom is -0.478 e. The van der Waals surface area contributed by atoms with Crippen LogP contribution in [0, 0.1) is 11.3 Å². The van der Waals surface area contributed by atoms with Gasteiger partial charge in [-0.1, -0.05) is 20.8 Å². The molecule has 1 aliphatic rings. The lowest BCUT2D eigenvalue weighted by molar-refractivity contribution is -0.274. The van der Waals surface area contributed by atoms with E-state index in [4.69, 9.17) is 4.98 Å². The van der Waals surface area contributed by atoms with Crippen LogP contribution in [0.2, 0.25) is 0 Å². The molecule has 5 nitrogen and oxygen atoms in total. The topological polar surface area (TPSA) is 64.4 Å². The van der Waals surface area contributed by atoms with Crippen LogP contribution in [0.3, 0.4) is 0 Å². The third-order valence-electron chi connectivity index (χ3n) is 6.01. The number of alkyl halides is 3. The smallest absolute Gasteiger partial charge is 0.478 e. The standard InChI is InChI=1S/C24H25F3N2O3/c1-14-10-17(13-23(2,3)12-14)29-20-9-6-16(22(30)31)11-19(20)28-21(29)15-4-7-18(8-5-15)32-24(25,26)27/h4-9,11,14,17H,10,12-13H2,1-3H3,(H,30,31). The van der Waals surface area contributed by atoms with E-state index in [9.17, 15) is 23.1 Å². The summed E-state index contributed by atoms with van der Waals surface area (Å²) in [6, 6.07) is 10.6. The summed E-state index contributed by atoms with van der Waals surface area (Å²) >= 11 is 0. The fourth-order valence-corrected chi connectivity index (χ4v) is 5.10. The van der Waals surface area contributed by atoms with E-state index in [0.717, 1.165) is 24.8 Å². The van der Waals surface area contributed by atoms with Crippen molar-refractivity contribution in [2.45, 2.75) is 52.4 Å². The molecule has 1 saturated carbocycles. The Bertz CT molecular complexity index is 1150. The zero-order chi connectivity index (χ0) is 23.3. The molecule has 2 aromatic carbocycles. The van der Waals surface area contributed by atoms with Gasteiger partial charge in [-0.15, -0.1) is 13.2 Å². The number of carbonyl (C=O) groups is 1. The van der Waals surface area contributed by atoms with Gasteiger partial charge in [-0.3, -0.25) is 0 Å². The molecule has 32 heavy (non-hydrogen) atoms. The maximum atomic E-state index is 12.5. The van der Waals surface area contributed by atoms with Gasteiger partial charge in [-0.2, -0.15) is 0 Å². The van der Waals surface area contributed by atoms with Crippen LogP contribution >= 0.6 is 0 Å². The summed E-state index contributed by atoms with van der Waals surface area (Å²) in [7, 11) is 0. The molecule has 1 aromatic heterocycles. The zero-order valence-electron chi connectivity index (χ0n) is 18.1. The first-order chi connectivity index (χ1) is 14.9. The lowest BCUT2D eigenvalue weighted by Gasteiger charge is -2.40. The zero-order valence-corrected chi connectivity index (χ0v) is 18.1. The van der Waals surface area contributed by atoms with Crippen LogP contribution in [-0.2, 0) is 0 Å². The molecule has 0 amide bonds. The van der Waals surface area contributed by atoms with Crippen molar-refractivity contribution < 1.29 is 27.8 Å². The molecule has 3 aromatic rings. The van der Waals surface area contributed by atoms with Crippen molar-refractivity contribution in [2.75, 3.05) is 0 Å². The van der Waals surface area contributed by atoms with Gasteiger partial charge in [0.2, 0.25) is 0 Å². The molecule has 0 spiro atoms. The van der Waals surface area contributed by atoms with E-state index in [0.29, 0.717) is 22.8 Å². The number of benzene rings is 2. The third-order valence-corrected chi connectivity index (χ3v) is 6.01. The summed E-state index contributed by atoms with van der Waals surface area (Å²) < 4.78 is 43.7. The molecule has 8 heteroatoms. The third kappa shape index (κ3) is 4.59. The molecule has 1 aliphatic carbocycles. The van der Waals surface area contributed by atoms with Crippen LogP contribution in [0.15, 0.2) is 42.5 Å². The first-order valence-corrected chi connectivity index (χ1v) is 10.5. The number of fused-ring (bicyclic) bond motifs is 1. The number of ether oxygens (including phenoxy) is 1. The molecule has 0 saturated heterocycles. The maximum absolute atomic E-state index is 12.5. The first-order valence-electron chi connectivity index (χ1n) is 10.5. The van der Waals surface area contributed by atoms with Gasteiger partial charge in [0.05, 0.1) is 16.6 Å². The van der Waals surface area contributed by atoms with Gasteiger partial charge in [-0.05, 0) is 73.1 Å². The van der Waals surface area contributed by atoms with Crippen molar-refractivity contribution in [3.8, 4) is 17.1 Å². The van der Waals surface area contributed by atoms with Crippen molar-refractivity contribution in [2.24, 2.45) is 11.3 Å². The second kappa shape index (κ2) is 7.83. The molecule has 2 unspecified atom stereocenters. The Kier molecular flexibility index (Phi) is 5.43. The predicted molar refractivity (Wildman–Crippen MR) is 115 cm³/mol. The maximum Gasteiger partial charge on any atom is 0.573 e. The van der Waals surface area contributed by atoms with Gasteiger partial charge in [-0.25, -0.2) is 9.78 Å². The van der Waals surface area contributed by atoms with Crippen LogP contribution in [0.25, 0.3) is 22.4 Å². The number of imidazole rings is 1. The van der Waals surface area contributed by atoms with E-state index < -0.39 is 12.3 Å². The highest BCUT2D eigenvalue weighted by Gasteiger charge is 2.35. The van der Waals surface area contributed by atoms with Gasteiger partial charge in [0, 0.05) is 11.6 Å². The molecule has 170 valence electrons. The molecule has 4 rings (SSSR count). The lowest BCUT2D eigenvalue weighted by atomic mass is 9.70. The van der Waals surface area contributed by atoms with Gasteiger partial charge in [0.15, 0.2) is 0 Å². The average Bonchev–Trinajstić information content (AvgIpc) is 3.04. The molecule has 0 bridgehead atoms. The summed E-state index contributed by atoms with van der Waals surface area (Å²) in [6.07, 6.45) is -1.78. The normalized spacial score (nSPS) is 20.9. The van der Waals surface area contributed by atoms with Crippen LogP contribution < -0.4 is 4.74 Å². The molecule has 1 N–H and O–H groups in total. The van der Waals surface area contributed by atoms with Crippen molar-refractivity contribution in [1.82, 2.24) is 9.55 Å². The van der Waals surface area contributed by atoms with E-state index in [2.05, 4.69) is 30.1 Å². The van der Waals surface area contributed by atoms with Crippen LogP contribution in [0.5, 0.6) is 5.75 Å². The average molecular weight is 446 g/mol. The van der Waals surface area contributed by atoms with E-state index in [1.165, 1.54) is 18.2 Å². The number of aromatic carboxylic acids is 1. The van der Waals surface area contributed by atoms with Crippen LogP contribution in [0.4, 0.5) is 13.2 Å². The van der Waals surface area contributed by atoms with Gasteiger partial charge >= 0.3 is 12.3 Å². The Labute approximate surface area is 183 Å². The summed E-state index contributed by atoms with van der Waals surface area (Å²) in [5.41, 5.74) is 2.27. The number of aromatic nitrogens is 2. The molecule has 0 radical (unpaired) electrons. The number of carboxylic acid groups (broad SMARTS) is 1. The molecule has 2 atom stereocenters. The first kappa shape index (κ1) is 22.2. The monoisotopic (exact) mass is 446 g/mol. The van der Waals surface area contributed by atoms with Crippen LogP contribution in [0.1, 0.15) is 56.4 Å². The van der Waals surface area contributed by atoms with E-state index in [-0.39, 0.29) is 22.8 Å². The van der Waals surface area contributed by atoms with Crippen molar-refractivity contribution in [3.05, 3.63) is 48.0 Å². The van der Waals surface area contributed by atoms with Crippen molar-refractivity contribution in [1.29, 1.82) is 0 Å². The minimum absolute atomic E-state index is 0.127. The predicted octanol–water partition coefficient (Wildman–Crippen LogP) is 6.69. The number of nitrogens with zero attached hydrogens (tertiary/aromatic N) is 2. The molecule has 1 heterocycles. The Morgan fingerprint density at radius 1 is 1.16 bits per heavy atom. The fraction of sp³-hybridized carbons (Fsp3) is 0.417. The Balaban J connectivity index is 1.83. The van der Waals surface area contributed by atoms with Crippen molar-refractivity contribution in [3.63, 3.8) is 0 Å². The molecule has 0 aliphatic heterocycles. The summed E-state index contributed by atoms with van der Waals surface area (Å²) in [4.78, 5) is 16.2. The van der Waals surface area contributed by atoms with Gasteiger partial charge in [0.1, 0.15) is 11.6 Å². The van der Waals surface area contributed by atoms with Crippen molar-refractivity contribution >= 4 is 17.0 Å². The number of carboxylic acids is 1. The highest BCUT2D eigenvalue weighted by molar-refractivity contribution is 5.93. The fourth-order valence-electron chi connectivity index (χ4n) is 5.10. The summed E-state index contributed by atoms with van der Waals surface area (Å²) in [5, 5.41) is 9.37. The second-order valence-electron chi connectivity index (χ2n) is 9.45. The highest BCUT2D eigenvalue weighted by Crippen LogP contribution is 2.46. The minimum atomic E-state index is -4.76. The van der Waals surface area contributed by atoms with E-state index in [1.807, 2.05) is 0 Å².